The van der Waals surface area contributed by atoms with Gasteiger partial charge in [-0.2, -0.15) is 0 Å². The fraction of sp³-hybridized carbons (Fsp3) is 0.289. The summed E-state index contributed by atoms with van der Waals surface area (Å²) in [4.78, 5) is 41.3. The molecule has 0 aromatic heterocycles. The Morgan fingerprint density at radius 3 is 2.24 bits per heavy atom. The summed E-state index contributed by atoms with van der Waals surface area (Å²) in [6.45, 7) is 0.144. The zero-order chi connectivity index (χ0) is 31.6. The molecule has 0 radical (unpaired) electrons. The van der Waals surface area contributed by atoms with Gasteiger partial charge in [-0.05, 0) is 114 Å². The molecule has 0 atom stereocenters. The SMILES string of the molecule is O=C1NC(=O)N(c2ccc(C34CC5CC(CC(C5)C3)C4)cc2)C(=O)/C1=C/c1c(OCc2ccc(Cl)cc2Cl)ccc2ccccc12. The molecule has 0 unspecified atom stereocenters. The molecular weight excluding hydrogens is 619 g/mol. The first-order chi connectivity index (χ1) is 22.3. The number of benzene rings is 4. The number of anilines is 1. The summed E-state index contributed by atoms with van der Waals surface area (Å²) in [5.74, 6) is 1.45. The Labute approximate surface area is 277 Å². The highest BCUT2D eigenvalue weighted by Gasteiger charge is 2.51. The van der Waals surface area contributed by atoms with Crippen LogP contribution in [0.15, 0.2) is 84.4 Å². The average Bonchev–Trinajstić information content (AvgIpc) is 3.02. The predicted molar refractivity (Wildman–Crippen MR) is 180 cm³/mol. The van der Waals surface area contributed by atoms with Crippen molar-refractivity contribution >= 4 is 63.6 Å². The number of nitrogens with one attached hydrogen (secondary N) is 1. The molecule has 1 aliphatic heterocycles. The Morgan fingerprint density at radius 2 is 1.54 bits per heavy atom. The van der Waals surface area contributed by atoms with E-state index in [1.54, 1.807) is 24.3 Å². The zero-order valence-electron chi connectivity index (χ0n) is 25.1. The van der Waals surface area contributed by atoms with Crippen LogP contribution in [0.3, 0.4) is 0 Å². The molecule has 4 aliphatic carbocycles. The number of amides is 4. The molecule has 8 heteroatoms. The highest BCUT2D eigenvalue weighted by Crippen LogP contribution is 2.60. The van der Waals surface area contributed by atoms with Crippen molar-refractivity contribution in [3.8, 4) is 5.75 Å². The second-order valence-corrected chi connectivity index (χ2v) is 14.3. The largest absolute Gasteiger partial charge is 0.488 e. The van der Waals surface area contributed by atoms with Gasteiger partial charge in [0.05, 0.1) is 5.69 Å². The molecule has 4 amide bonds. The van der Waals surface area contributed by atoms with Gasteiger partial charge in [-0.3, -0.25) is 14.9 Å². The summed E-state index contributed by atoms with van der Waals surface area (Å²) in [5.41, 5.74) is 3.05. The normalized spacial score (nSPS) is 26.2. The van der Waals surface area contributed by atoms with Gasteiger partial charge in [0.2, 0.25) is 0 Å². The summed E-state index contributed by atoms with van der Waals surface area (Å²) in [7, 11) is 0. The highest BCUT2D eigenvalue weighted by atomic mass is 35.5. The van der Waals surface area contributed by atoms with E-state index in [2.05, 4.69) is 17.4 Å². The summed E-state index contributed by atoms with van der Waals surface area (Å²) in [6, 6.07) is 23.6. The minimum Gasteiger partial charge on any atom is -0.488 e. The van der Waals surface area contributed by atoms with E-state index in [-0.39, 0.29) is 17.6 Å². The molecule has 5 aliphatic rings. The van der Waals surface area contributed by atoms with E-state index >= 15 is 0 Å². The number of carbonyl (C=O) groups excluding carboxylic acids is 3. The third-order valence-corrected chi connectivity index (χ3v) is 11.1. The van der Waals surface area contributed by atoms with Crippen LogP contribution in [0.4, 0.5) is 10.5 Å². The predicted octanol–water partition coefficient (Wildman–Crippen LogP) is 8.86. The van der Waals surface area contributed by atoms with Gasteiger partial charge < -0.3 is 4.74 Å². The Balaban J connectivity index is 1.12. The van der Waals surface area contributed by atoms with Crippen LogP contribution in [0, 0.1) is 17.8 Å². The van der Waals surface area contributed by atoms with Gasteiger partial charge in [-0.15, -0.1) is 0 Å². The molecule has 4 saturated carbocycles. The first-order valence-electron chi connectivity index (χ1n) is 15.9. The number of rotatable bonds is 6. The van der Waals surface area contributed by atoms with Gasteiger partial charge in [-0.25, -0.2) is 9.69 Å². The number of carbonyl (C=O) groups is 3. The van der Waals surface area contributed by atoms with Crippen molar-refractivity contribution in [2.75, 3.05) is 4.90 Å². The third kappa shape index (κ3) is 5.08. The van der Waals surface area contributed by atoms with Crippen molar-refractivity contribution in [3.63, 3.8) is 0 Å². The van der Waals surface area contributed by atoms with Gasteiger partial charge in [0.15, 0.2) is 0 Å². The van der Waals surface area contributed by atoms with E-state index < -0.39 is 17.8 Å². The number of fused-ring (bicyclic) bond motifs is 1. The van der Waals surface area contributed by atoms with E-state index in [9.17, 15) is 14.4 Å². The van der Waals surface area contributed by atoms with Crippen LogP contribution in [-0.4, -0.2) is 17.8 Å². The Kier molecular flexibility index (Phi) is 7.18. The molecule has 1 saturated heterocycles. The highest BCUT2D eigenvalue weighted by molar-refractivity contribution is 6.39. The fourth-order valence-corrected chi connectivity index (χ4v) is 9.27. The molecule has 4 aromatic rings. The van der Waals surface area contributed by atoms with Gasteiger partial charge >= 0.3 is 6.03 Å². The van der Waals surface area contributed by atoms with Crippen molar-refractivity contribution in [1.29, 1.82) is 0 Å². The number of urea groups is 1. The number of halogens is 2. The van der Waals surface area contributed by atoms with Gasteiger partial charge in [0, 0.05) is 21.2 Å². The van der Waals surface area contributed by atoms with Crippen LogP contribution >= 0.6 is 23.2 Å². The minimum absolute atomic E-state index is 0.144. The molecule has 46 heavy (non-hydrogen) atoms. The number of barbiturate groups is 1. The number of imide groups is 2. The maximum absolute atomic E-state index is 14.0. The lowest BCUT2D eigenvalue weighted by Crippen LogP contribution is -2.54. The lowest BCUT2D eigenvalue weighted by atomic mass is 9.48. The maximum Gasteiger partial charge on any atom is 0.335 e. The van der Waals surface area contributed by atoms with Crippen LogP contribution in [0.1, 0.15) is 55.2 Å². The van der Waals surface area contributed by atoms with E-state index in [0.717, 1.165) is 39.0 Å². The lowest BCUT2D eigenvalue weighted by Gasteiger charge is -2.57. The fourth-order valence-electron chi connectivity index (χ4n) is 8.81. The second kappa shape index (κ2) is 11.3. The molecule has 0 spiro atoms. The van der Waals surface area contributed by atoms with Gasteiger partial charge in [0.25, 0.3) is 11.8 Å². The monoisotopic (exact) mass is 650 g/mol. The molecule has 9 rings (SSSR count). The molecule has 5 fully saturated rings. The molecule has 232 valence electrons. The molecule has 4 aromatic carbocycles. The average molecular weight is 652 g/mol. The first-order valence-corrected chi connectivity index (χ1v) is 16.6. The van der Waals surface area contributed by atoms with Crippen molar-refractivity contribution in [2.24, 2.45) is 17.8 Å². The standard InChI is InChI=1S/C38H32Cl2N2O4/c39-28-9-5-26(33(40)16-28)21-46-34-12-6-25-3-1-2-4-30(25)31(34)17-32-35(43)41-37(45)42(36(32)44)29-10-7-27(8-11-29)38-18-22-13-23(19-38)15-24(14-22)20-38/h1-12,16-17,22-24H,13-15,18-21H2,(H,41,43,45)/b32-17+. The molecule has 1 N–H and O–H groups in total. The van der Waals surface area contributed by atoms with Crippen LogP contribution in [0.25, 0.3) is 16.8 Å². The van der Waals surface area contributed by atoms with Crippen molar-refractivity contribution in [2.45, 2.75) is 50.5 Å². The van der Waals surface area contributed by atoms with E-state index in [0.29, 0.717) is 27.0 Å². The van der Waals surface area contributed by atoms with Crippen molar-refractivity contribution < 1.29 is 19.1 Å². The van der Waals surface area contributed by atoms with Crippen molar-refractivity contribution in [1.82, 2.24) is 5.32 Å². The van der Waals surface area contributed by atoms with Gasteiger partial charge in [0.1, 0.15) is 17.9 Å². The molecular formula is C38H32Cl2N2O4. The number of nitrogens with zero attached hydrogens (tertiary/aromatic N) is 1. The zero-order valence-corrected chi connectivity index (χ0v) is 26.6. The minimum atomic E-state index is -0.763. The van der Waals surface area contributed by atoms with Crippen LogP contribution in [0.2, 0.25) is 10.0 Å². The van der Waals surface area contributed by atoms with Crippen LogP contribution in [-0.2, 0) is 21.6 Å². The molecule has 6 nitrogen and oxygen atoms in total. The Hall–Kier alpha value is -4.13. The number of hydrogen-bond donors (Lipinski definition) is 1. The van der Waals surface area contributed by atoms with Crippen molar-refractivity contribution in [3.05, 3.63) is 111 Å². The van der Waals surface area contributed by atoms with Crippen LogP contribution in [0.5, 0.6) is 5.75 Å². The smallest absolute Gasteiger partial charge is 0.335 e. The molecule has 1 heterocycles. The quantitative estimate of drug-likeness (QED) is 0.167. The van der Waals surface area contributed by atoms with E-state index in [1.807, 2.05) is 42.5 Å². The van der Waals surface area contributed by atoms with Gasteiger partial charge in [-0.1, -0.05) is 71.7 Å². The summed E-state index contributed by atoms with van der Waals surface area (Å²) < 4.78 is 6.21. The summed E-state index contributed by atoms with van der Waals surface area (Å²) in [5, 5.41) is 5.07. The summed E-state index contributed by atoms with van der Waals surface area (Å²) >= 11 is 12.5. The van der Waals surface area contributed by atoms with Crippen LogP contribution < -0.4 is 15.0 Å². The molecule has 4 bridgehead atoms. The van der Waals surface area contributed by atoms with E-state index in [4.69, 9.17) is 27.9 Å². The number of ether oxygens (including phenoxy) is 1. The summed E-state index contributed by atoms with van der Waals surface area (Å²) in [6.07, 6.45) is 9.28. The topological polar surface area (TPSA) is 75.7 Å². The lowest BCUT2D eigenvalue weighted by molar-refractivity contribution is -0.122. The number of hydrogen-bond acceptors (Lipinski definition) is 4. The second-order valence-electron chi connectivity index (χ2n) is 13.4. The Morgan fingerprint density at radius 1 is 0.848 bits per heavy atom. The van der Waals surface area contributed by atoms with E-state index in [1.165, 1.54) is 50.2 Å². The first kappa shape index (κ1) is 29.3. The third-order valence-electron chi connectivity index (χ3n) is 10.5. The maximum atomic E-state index is 14.0. The Bertz CT molecular complexity index is 1920.